The van der Waals surface area contributed by atoms with E-state index in [0.717, 1.165) is 50.8 Å². The number of hydrogen-bond donors (Lipinski definition) is 3. The third kappa shape index (κ3) is 6.07. The number of nitrogens with zero attached hydrogens (tertiary/aromatic N) is 4. The Morgan fingerprint density at radius 1 is 0.942 bits per heavy atom. The Morgan fingerprint density at radius 3 is 2.46 bits per heavy atom. The molecule has 1 saturated heterocycles. The summed E-state index contributed by atoms with van der Waals surface area (Å²) < 4.78 is 0. The number of rotatable bonds is 6. The third-order valence-electron chi connectivity index (χ3n) is 10.2. The maximum Gasteiger partial charge on any atom is 0.317 e. The highest BCUT2D eigenvalue weighted by Crippen LogP contribution is 2.53. The fourth-order valence-electron chi connectivity index (χ4n) is 7.86. The largest absolute Gasteiger partial charge is 0.351 e. The minimum Gasteiger partial charge on any atom is -0.351 e. The van der Waals surface area contributed by atoms with Gasteiger partial charge in [-0.1, -0.05) is 78.7 Å². The zero-order chi connectivity index (χ0) is 35.9. The molecule has 5 heterocycles. The van der Waals surface area contributed by atoms with Gasteiger partial charge >= 0.3 is 6.03 Å². The van der Waals surface area contributed by atoms with Crippen LogP contribution >= 0.6 is 23.2 Å². The fourth-order valence-corrected chi connectivity index (χ4v) is 8.22. The van der Waals surface area contributed by atoms with Gasteiger partial charge in [-0.2, -0.15) is 0 Å². The molecule has 2 unspecified atom stereocenters. The second-order valence-electron chi connectivity index (χ2n) is 13.4. The summed E-state index contributed by atoms with van der Waals surface area (Å²) in [6, 6.07) is 25.7. The first kappa shape index (κ1) is 33.9. The quantitative estimate of drug-likeness (QED) is 0.162. The average Bonchev–Trinajstić information content (AvgIpc) is 3.45. The highest BCUT2D eigenvalue weighted by Gasteiger charge is 2.40. The van der Waals surface area contributed by atoms with E-state index in [1.165, 1.54) is 0 Å². The molecule has 2 aromatic heterocycles. The van der Waals surface area contributed by atoms with E-state index in [0.29, 0.717) is 60.0 Å². The lowest BCUT2D eigenvalue weighted by molar-refractivity contribution is 0.102. The number of halogens is 2. The molecule has 0 saturated carbocycles. The number of allylic oxidation sites excluding steroid dienone is 2. The molecule has 264 valence electrons. The van der Waals surface area contributed by atoms with Crippen LogP contribution in [-0.4, -0.2) is 64.4 Å². The molecule has 3 aliphatic heterocycles. The Kier molecular flexibility index (Phi) is 9.15. The van der Waals surface area contributed by atoms with Crippen molar-refractivity contribution in [1.82, 2.24) is 25.1 Å². The zero-order valence-corrected chi connectivity index (χ0v) is 30.5. The highest BCUT2D eigenvalue weighted by molar-refractivity contribution is 6.32. The van der Waals surface area contributed by atoms with Gasteiger partial charge in [-0.3, -0.25) is 4.79 Å². The number of pyridine rings is 1. The van der Waals surface area contributed by atoms with E-state index in [1.807, 2.05) is 54.3 Å². The summed E-state index contributed by atoms with van der Waals surface area (Å²) in [6.45, 7) is 7.03. The van der Waals surface area contributed by atoms with E-state index in [1.54, 1.807) is 6.20 Å². The first-order chi connectivity index (χ1) is 25.3. The minimum absolute atomic E-state index is 0.0665. The van der Waals surface area contributed by atoms with E-state index in [-0.39, 0.29) is 23.9 Å². The minimum atomic E-state index is -0.283. The number of aromatic nitrogens is 2. The summed E-state index contributed by atoms with van der Waals surface area (Å²) in [5.74, 6) is 0.538. The van der Waals surface area contributed by atoms with Gasteiger partial charge in [0, 0.05) is 71.6 Å². The van der Waals surface area contributed by atoms with E-state index in [2.05, 4.69) is 81.0 Å². The van der Waals surface area contributed by atoms with Crippen molar-refractivity contribution >= 4 is 68.8 Å². The van der Waals surface area contributed by atoms with Crippen LogP contribution in [-0.2, 0) is 0 Å². The Balaban J connectivity index is 1.27. The van der Waals surface area contributed by atoms with E-state index >= 15 is 0 Å². The van der Waals surface area contributed by atoms with Gasteiger partial charge in [-0.05, 0) is 77.9 Å². The molecule has 3 N–H and O–H groups in total. The lowest BCUT2D eigenvalue weighted by Gasteiger charge is -2.39. The van der Waals surface area contributed by atoms with Crippen molar-refractivity contribution in [2.24, 2.45) is 5.92 Å². The number of anilines is 2. The second kappa shape index (κ2) is 14.1. The second-order valence-corrected chi connectivity index (χ2v) is 14.3. The number of amides is 3. The smallest absolute Gasteiger partial charge is 0.317 e. The lowest BCUT2D eigenvalue weighted by atomic mass is 9.82. The standard InChI is InChI=1S/C41H39Cl2N7O2/c1-3-44-41(52)49-21-19-48(20-22-49)39-31(12-7-17-45-39)47-40(51)36-35-34-30(23-29(43)24-32(34)46-36)37(27-13-15-28(42)16-14-27)50-18-8-9-25(2)33(38(35)50)26-10-5-4-6-11-26/h4-8,10-18,23-25,37,46H,3,9,19-22H2,1-2H3,(H,44,52)(H,47,51). The number of H-pyrrole nitrogens is 1. The van der Waals surface area contributed by atoms with Gasteiger partial charge in [0.1, 0.15) is 5.69 Å². The first-order valence-electron chi connectivity index (χ1n) is 17.7. The van der Waals surface area contributed by atoms with Crippen LogP contribution in [0.25, 0.3) is 22.2 Å². The first-order valence-corrected chi connectivity index (χ1v) is 18.5. The number of nitrogens with one attached hydrogen (secondary N) is 3. The van der Waals surface area contributed by atoms with Crippen LogP contribution in [0.15, 0.2) is 97.3 Å². The molecule has 11 heteroatoms. The topological polar surface area (TPSA) is 96.6 Å². The van der Waals surface area contributed by atoms with Crippen molar-refractivity contribution < 1.29 is 9.59 Å². The predicted octanol–water partition coefficient (Wildman–Crippen LogP) is 8.80. The number of hydrogen-bond acceptors (Lipinski definition) is 5. The molecule has 52 heavy (non-hydrogen) atoms. The lowest BCUT2D eigenvalue weighted by Crippen LogP contribution is -2.52. The van der Waals surface area contributed by atoms with Crippen molar-refractivity contribution in [3.05, 3.63) is 135 Å². The monoisotopic (exact) mass is 731 g/mol. The molecule has 1 fully saturated rings. The molecule has 3 amide bonds. The highest BCUT2D eigenvalue weighted by atomic mass is 35.5. The normalized spacial score (nSPS) is 18.3. The van der Waals surface area contributed by atoms with Gasteiger partial charge in [0.2, 0.25) is 0 Å². The van der Waals surface area contributed by atoms with E-state index in [4.69, 9.17) is 28.2 Å². The SMILES string of the molecule is CCNC(=O)N1CCN(c2ncccc2NC(=O)c2[nH]c3cc(Cl)cc4c3c2C2=C(c3ccccc3)C(C)CC=CN2C4c2ccc(Cl)cc2)CC1. The molecule has 0 spiro atoms. The van der Waals surface area contributed by atoms with Gasteiger partial charge in [-0.15, -0.1) is 0 Å². The molecule has 2 atom stereocenters. The van der Waals surface area contributed by atoms with E-state index in [9.17, 15) is 9.59 Å². The summed E-state index contributed by atoms with van der Waals surface area (Å²) in [6.07, 6.45) is 6.94. The van der Waals surface area contributed by atoms with Gasteiger partial charge in [-0.25, -0.2) is 9.78 Å². The Bertz CT molecular complexity index is 2220. The van der Waals surface area contributed by atoms with Crippen LogP contribution in [0.4, 0.5) is 16.3 Å². The summed E-state index contributed by atoms with van der Waals surface area (Å²) in [5.41, 5.74) is 7.96. The predicted molar refractivity (Wildman–Crippen MR) is 210 cm³/mol. The summed E-state index contributed by atoms with van der Waals surface area (Å²) in [7, 11) is 0. The van der Waals surface area contributed by atoms with Crippen LogP contribution in [0, 0.1) is 5.92 Å². The number of urea groups is 1. The number of fused-ring (bicyclic) bond motifs is 2. The molecule has 3 aliphatic rings. The van der Waals surface area contributed by atoms with Crippen LogP contribution in [0.3, 0.4) is 0 Å². The maximum absolute atomic E-state index is 14.7. The Hall–Kier alpha value is -5.25. The molecule has 0 radical (unpaired) electrons. The van der Waals surface area contributed by atoms with Crippen molar-refractivity contribution in [2.75, 3.05) is 42.9 Å². The molecule has 3 aromatic carbocycles. The van der Waals surface area contributed by atoms with Crippen molar-refractivity contribution in [3.8, 4) is 0 Å². The Morgan fingerprint density at radius 2 is 1.71 bits per heavy atom. The van der Waals surface area contributed by atoms with Gasteiger partial charge < -0.3 is 30.3 Å². The molecule has 9 nitrogen and oxygen atoms in total. The van der Waals surface area contributed by atoms with Crippen LogP contribution in [0.2, 0.25) is 10.0 Å². The Labute approximate surface area is 312 Å². The molecule has 0 aliphatic carbocycles. The van der Waals surface area contributed by atoms with Gasteiger partial charge in [0.25, 0.3) is 5.91 Å². The molecular weight excluding hydrogens is 693 g/mol. The fraction of sp³-hybridized carbons (Fsp3) is 0.244. The van der Waals surface area contributed by atoms with Crippen molar-refractivity contribution in [3.63, 3.8) is 0 Å². The van der Waals surface area contributed by atoms with Crippen molar-refractivity contribution in [1.29, 1.82) is 0 Å². The molecule has 8 rings (SSSR count). The summed E-state index contributed by atoms with van der Waals surface area (Å²) >= 11 is 13.2. The zero-order valence-electron chi connectivity index (χ0n) is 29.0. The number of aromatic amines is 1. The molecule has 5 aromatic rings. The van der Waals surface area contributed by atoms with Crippen molar-refractivity contribution in [2.45, 2.75) is 26.3 Å². The summed E-state index contributed by atoms with van der Waals surface area (Å²) in [4.78, 5) is 41.7. The number of piperazine rings is 1. The summed E-state index contributed by atoms with van der Waals surface area (Å²) in [5, 5.41) is 8.31. The number of carbonyl (C=O) groups is 2. The molecular formula is C41H39Cl2N7O2. The average molecular weight is 733 g/mol. The molecule has 0 bridgehead atoms. The number of benzene rings is 3. The van der Waals surface area contributed by atoms with Crippen LogP contribution in [0.1, 0.15) is 59.1 Å². The maximum atomic E-state index is 14.7. The van der Waals surface area contributed by atoms with Gasteiger partial charge in [0.05, 0.1) is 17.4 Å². The van der Waals surface area contributed by atoms with Gasteiger partial charge in [0.15, 0.2) is 5.82 Å². The van der Waals surface area contributed by atoms with Crippen LogP contribution in [0.5, 0.6) is 0 Å². The number of carbonyl (C=O) groups excluding carboxylic acids is 2. The third-order valence-corrected chi connectivity index (χ3v) is 10.7. The van der Waals surface area contributed by atoms with Crippen LogP contribution < -0.4 is 15.5 Å². The van der Waals surface area contributed by atoms with E-state index < -0.39 is 0 Å².